The van der Waals surface area contributed by atoms with E-state index in [-0.39, 0.29) is 41.6 Å². The number of hydrogen-bond acceptors (Lipinski definition) is 6. The lowest BCUT2D eigenvalue weighted by Crippen LogP contribution is -2.60. The Balaban J connectivity index is 0.00000176. The molecule has 6 rings (SSSR count). The number of halogens is 5. The van der Waals surface area contributed by atoms with Crippen LogP contribution in [0.25, 0.3) is 10.9 Å². The highest BCUT2D eigenvalue weighted by molar-refractivity contribution is 7.99. The lowest BCUT2D eigenvalue weighted by atomic mass is 10.1. The van der Waals surface area contributed by atoms with E-state index in [1.165, 1.54) is 13.2 Å². The van der Waals surface area contributed by atoms with Crippen LogP contribution in [0.1, 0.15) is 5.56 Å². The number of anilines is 1. The van der Waals surface area contributed by atoms with E-state index in [0.29, 0.717) is 48.9 Å². The molecule has 0 saturated carbocycles. The molecule has 1 amide bonds. The van der Waals surface area contributed by atoms with Crippen LogP contribution in [0.2, 0.25) is 0 Å². The summed E-state index contributed by atoms with van der Waals surface area (Å²) >= 11 is 1.77. The molecule has 7 nitrogen and oxygen atoms in total. The number of methoxy groups -OCH3 is 1. The molecule has 39 heavy (non-hydrogen) atoms. The maximum atomic E-state index is 14.0. The maximum Gasteiger partial charge on any atom is 0.417 e. The SMILES string of the molecule is COc1ccc2nc(N3CCN([N@@+]45C=CC=C4C=C(C(=O)N4CCSC4)C5)CC3)cc(C(F)(F)F)c2c1.Cl.Cl. The second-order valence-corrected chi connectivity index (χ2v) is 10.6. The minimum Gasteiger partial charge on any atom is -0.497 e. The Bertz CT molecular complexity index is 1360. The van der Waals surface area contributed by atoms with E-state index in [2.05, 4.69) is 16.2 Å². The third-order valence-electron chi connectivity index (χ3n) is 7.49. The molecule has 1 aromatic carbocycles. The van der Waals surface area contributed by atoms with Crippen LogP contribution in [-0.2, 0) is 11.0 Å². The normalized spacial score (nSPS) is 22.8. The van der Waals surface area contributed by atoms with Crippen LogP contribution < -0.4 is 9.64 Å². The van der Waals surface area contributed by atoms with Gasteiger partial charge in [-0.15, -0.1) is 41.6 Å². The van der Waals surface area contributed by atoms with E-state index in [4.69, 9.17) is 4.74 Å². The quantitative estimate of drug-likeness (QED) is 0.467. The maximum absolute atomic E-state index is 14.0. The van der Waals surface area contributed by atoms with Gasteiger partial charge in [-0.25, -0.2) is 4.98 Å². The van der Waals surface area contributed by atoms with Gasteiger partial charge in [-0.1, -0.05) is 0 Å². The molecule has 2 fully saturated rings. The number of thioether (sulfide) groups is 1. The molecule has 0 N–H and O–H groups in total. The molecule has 1 atom stereocenters. The molecule has 2 aromatic rings. The molecule has 2 saturated heterocycles. The van der Waals surface area contributed by atoms with Crippen LogP contribution in [0.5, 0.6) is 5.75 Å². The summed E-state index contributed by atoms with van der Waals surface area (Å²) in [5.74, 6) is 2.48. The van der Waals surface area contributed by atoms with Gasteiger partial charge in [0.1, 0.15) is 24.3 Å². The first-order valence-electron chi connectivity index (χ1n) is 12.2. The summed E-state index contributed by atoms with van der Waals surface area (Å²) in [5.41, 5.74) is 1.44. The zero-order chi connectivity index (χ0) is 25.8. The number of benzene rings is 1. The zero-order valence-electron chi connectivity index (χ0n) is 21.2. The van der Waals surface area contributed by atoms with Crippen molar-refractivity contribution in [2.45, 2.75) is 6.18 Å². The predicted octanol–water partition coefficient (Wildman–Crippen LogP) is 4.84. The van der Waals surface area contributed by atoms with E-state index < -0.39 is 11.7 Å². The molecule has 1 aromatic heterocycles. The lowest BCUT2D eigenvalue weighted by molar-refractivity contribution is -0.948. The largest absolute Gasteiger partial charge is 0.497 e. The number of carbonyl (C=O) groups excluding carboxylic acids is 1. The van der Waals surface area contributed by atoms with Gasteiger partial charge in [0, 0.05) is 42.9 Å². The van der Waals surface area contributed by atoms with Crippen LogP contribution in [0.15, 0.2) is 60.0 Å². The number of fused-ring (bicyclic) bond motifs is 2. The van der Waals surface area contributed by atoms with Crippen LogP contribution in [-0.4, -0.2) is 83.4 Å². The van der Waals surface area contributed by atoms with E-state index in [1.807, 2.05) is 28.0 Å². The van der Waals surface area contributed by atoms with Gasteiger partial charge >= 0.3 is 6.18 Å². The number of allylic oxidation sites excluding steroid dienone is 3. The summed E-state index contributed by atoms with van der Waals surface area (Å²) in [5, 5.41) is 2.32. The summed E-state index contributed by atoms with van der Waals surface area (Å²) in [4.78, 5) is 21.4. The van der Waals surface area contributed by atoms with Crippen molar-refractivity contribution in [3.8, 4) is 5.75 Å². The number of hydrogen-bond donors (Lipinski definition) is 0. The van der Waals surface area contributed by atoms with Crippen molar-refractivity contribution in [3.05, 3.63) is 65.5 Å². The van der Waals surface area contributed by atoms with E-state index in [9.17, 15) is 18.0 Å². The summed E-state index contributed by atoms with van der Waals surface area (Å²) in [7, 11) is 1.43. The Morgan fingerprint density at radius 3 is 2.54 bits per heavy atom. The number of ether oxygens (including phenoxy) is 1. The highest BCUT2D eigenvalue weighted by atomic mass is 35.5. The molecule has 4 aliphatic rings. The number of nitrogens with zero attached hydrogens (tertiary/aromatic N) is 5. The Labute approximate surface area is 241 Å². The average molecular weight is 604 g/mol. The number of rotatable bonds is 4. The molecule has 0 radical (unpaired) electrons. The first-order chi connectivity index (χ1) is 17.8. The minimum atomic E-state index is -4.51. The van der Waals surface area contributed by atoms with Crippen molar-refractivity contribution in [2.24, 2.45) is 0 Å². The van der Waals surface area contributed by atoms with Crippen molar-refractivity contribution >= 4 is 59.2 Å². The van der Waals surface area contributed by atoms with Crippen molar-refractivity contribution in [1.29, 1.82) is 0 Å². The van der Waals surface area contributed by atoms with Crippen molar-refractivity contribution in [1.82, 2.24) is 14.9 Å². The number of alkyl halides is 3. The lowest BCUT2D eigenvalue weighted by Gasteiger charge is -2.44. The topological polar surface area (TPSA) is 48.9 Å². The number of aromatic nitrogens is 1. The molecular formula is C26H29Cl2F3N5O2S+. The fourth-order valence-corrected chi connectivity index (χ4v) is 6.49. The molecule has 0 bridgehead atoms. The summed E-state index contributed by atoms with van der Waals surface area (Å²) in [6.07, 6.45) is 3.65. The van der Waals surface area contributed by atoms with E-state index in [1.54, 1.807) is 23.9 Å². The Hall–Kier alpha value is -2.44. The number of quaternary nitrogens is 1. The molecule has 4 aliphatic heterocycles. The standard InChI is InChI=1S/C26H27F3N5O2S.2ClH/c1-36-20-4-5-23-21(14-20)22(26(27,28)29)15-24(30-23)31-6-8-33(9-7-31)34-11-2-3-19(34)13-18(16-34)25(35)32-10-12-37-17-32;;/h2-5,11,13-15H,6-10,12,16-17H2,1H3;2*1H/q+1;;/t34-;;/m1../s1. The highest BCUT2D eigenvalue weighted by Crippen LogP contribution is 2.40. The van der Waals surface area contributed by atoms with Crippen LogP contribution in [0.4, 0.5) is 19.0 Å². The molecule has 13 heteroatoms. The fraction of sp³-hybridized carbons (Fsp3) is 0.385. The molecule has 0 unspecified atom stereocenters. The summed E-state index contributed by atoms with van der Waals surface area (Å²) in [6, 6.07) is 5.73. The summed E-state index contributed by atoms with van der Waals surface area (Å²) < 4.78 is 47.5. The second-order valence-electron chi connectivity index (χ2n) is 9.54. The number of amides is 1. The zero-order valence-corrected chi connectivity index (χ0v) is 23.6. The number of carbonyl (C=O) groups is 1. The smallest absolute Gasteiger partial charge is 0.417 e. The van der Waals surface area contributed by atoms with Gasteiger partial charge in [0.15, 0.2) is 5.70 Å². The van der Waals surface area contributed by atoms with Gasteiger partial charge in [-0.05, 0) is 30.3 Å². The van der Waals surface area contributed by atoms with Gasteiger partial charge in [-0.2, -0.15) is 17.8 Å². The van der Waals surface area contributed by atoms with Gasteiger partial charge in [0.2, 0.25) is 0 Å². The molecule has 0 spiro atoms. The number of piperazine rings is 1. The second kappa shape index (κ2) is 11.2. The van der Waals surface area contributed by atoms with E-state index in [0.717, 1.165) is 35.5 Å². The van der Waals surface area contributed by atoms with Crippen molar-refractivity contribution in [2.75, 3.05) is 62.9 Å². The third kappa shape index (κ3) is 5.22. The third-order valence-corrected chi connectivity index (χ3v) is 8.45. The Morgan fingerprint density at radius 2 is 1.87 bits per heavy atom. The van der Waals surface area contributed by atoms with Gasteiger partial charge in [-0.3, -0.25) is 4.79 Å². The van der Waals surface area contributed by atoms with Crippen LogP contribution in [0.3, 0.4) is 0 Å². The Kier molecular flexibility index (Phi) is 8.49. The molecule has 210 valence electrons. The minimum absolute atomic E-state index is 0. The van der Waals surface area contributed by atoms with Crippen LogP contribution in [0, 0.1) is 0 Å². The highest BCUT2D eigenvalue weighted by Gasteiger charge is 2.48. The van der Waals surface area contributed by atoms with E-state index >= 15 is 0 Å². The molecule has 0 aliphatic carbocycles. The molecule has 5 heterocycles. The van der Waals surface area contributed by atoms with Crippen LogP contribution >= 0.6 is 36.6 Å². The van der Waals surface area contributed by atoms with Gasteiger partial charge < -0.3 is 14.5 Å². The number of pyridine rings is 1. The van der Waals surface area contributed by atoms with Gasteiger partial charge in [0.25, 0.3) is 5.91 Å². The van der Waals surface area contributed by atoms with Crippen molar-refractivity contribution < 1.29 is 27.3 Å². The summed E-state index contributed by atoms with van der Waals surface area (Å²) in [6.45, 7) is 3.65. The first-order valence-corrected chi connectivity index (χ1v) is 13.4. The first kappa shape index (κ1) is 29.5. The Morgan fingerprint density at radius 1 is 1.10 bits per heavy atom. The predicted molar refractivity (Wildman–Crippen MR) is 151 cm³/mol. The van der Waals surface area contributed by atoms with Crippen molar-refractivity contribution in [3.63, 3.8) is 0 Å². The average Bonchev–Trinajstić information content (AvgIpc) is 3.64. The fourth-order valence-electron chi connectivity index (χ4n) is 5.55. The monoisotopic (exact) mass is 602 g/mol. The molecular weight excluding hydrogens is 574 g/mol. The van der Waals surface area contributed by atoms with Gasteiger partial charge in [0.05, 0.1) is 42.7 Å².